The topological polar surface area (TPSA) is 26.3 Å². The molecule has 2 nitrogen and oxygen atoms in total. The fraction of sp³-hybridized carbons (Fsp3) is 0.833. The minimum absolute atomic E-state index is 0.586. The van der Waals surface area contributed by atoms with E-state index in [2.05, 4.69) is 20.4 Å². The highest BCUT2D eigenvalue weighted by molar-refractivity contribution is 7.39. The van der Waals surface area contributed by atoms with Crippen LogP contribution in [-0.4, -0.2) is 12.8 Å². The van der Waals surface area contributed by atoms with E-state index in [0.29, 0.717) is 18.7 Å². The maximum Gasteiger partial charge on any atom is 0.191 e. The highest BCUT2D eigenvalue weighted by Crippen LogP contribution is 2.26. The SMILES string of the molecule is C=CCC[PH](=O)OCC(CC)CCCC. The molecule has 3 heteroatoms. The smallest absolute Gasteiger partial charge is 0.191 e. The van der Waals surface area contributed by atoms with Crippen molar-refractivity contribution in [3.05, 3.63) is 12.7 Å². The summed E-state index contributed by atoms with van der Waals surface area (Å²) >= 11 is 0. The molecule has 0 aromatic carbocycles. The lowest BCUT2D eigenvalue weighted by molar-refractivity contribution is 0.244. The molecule has 90 valence electrons. The fourth-order valence-electron chi connectivity index (χ4n) is 1.40. The number of hydrogen-bond acceptors (Lipinski definition) is 2. The molecule has 0 aromatic heterocycles. The molecule has 0 aliphatic carbocycles. The Bertz CT molecular complexity index is 180. The first-order valence-electron chi connectivity index (χ1n) is 6.01. The number of unbranched alkanes of at least 4 members (excludes halogenated alkanes) is 1. The quantitative estimate of drug-likeness (QED) is 0.415. The molecule has 15 heavy (non-hydrogen) atoms. The van der Waals surface area contributed by atoms with Gasteiger partial charge in [0.25, 0.3) is 0 Å². The van der Waals surface area contributed by atoms with Gasteiger partial charge in [-0.15, -0.1) is 6.58 Å². The highest BCUT2D eigenvalue weighted by Gasteiger charge is 2.07. The third kappa shape index (κ3) is 8.89. The Balaban J connectivity index is 3.59. The minimum atomic E-state index is -1.80. The first-order chi connectivity index (χ1) is 7.24. The van der Waals surface area contributed by atoms with Gasteiger partial charge >= 0.3 is 0 Å². The van der Waals surface area contributed by atoms with Gasteiger partial charge < -0.3 is 4.52 Å². The van der Waals surface area contributed by atoms with E-state index in [4.69, 9.17) is 4.52 Å². The second-order valence-electron chi connectivity index (χ2n) is 3.93. The summed E-state index contributed by atoms with van der Waals surface area (Å²) in [5.74, 6) is 0.586. The van der Waals surface area contributed by atoms with Crippen molar-refractivity contribution in [2.45, 2.75) is 46.0 Å². The van der Waals surface area contributed by atoms with Gasteiger partial charge in [-0.3, -0.25) is 4.57 Å². The summed E-state index contributed by atoms with van der Waals surface area (Å²) in [5.41, 5.74) is 0. The number of rotatable bonds is 10. The lowest BCUT2D eigenvalue weighted by atomic mass is 10.0. The summed E-state index contributed by atoms with van der Waals surface area (Å²) in [7, 11) is -1.80. The lowest BCUT2D eigenvalue weighted by Gasteiger charge is -2.14. The van der Waals surface area contributed by atoms with Crippen molar-refractivity contribution in [1.29, 1.82) is 0 Å². The summed E-state index contributed by atoms with van der Waals surface area (Å²) in [5, 5.41) is 0. The zero-order valence-corrected chi connectivity index (χ0v) is 11.1. The van der Waals surface area contributed by atoms with Crippen molar-refractivity contribution in [1.82, 2.24) is 0 Å². The monoisotopic (exact) mass is 232 g/mol. The van der Waals surface area contributed by atoms with Crippen LogP contribution in [0.5, 0.6) is 0 Å². The molecule has 0 aliphatic heterocycles. The lowest BCUT2D eigenvalue weighted by Crippen LogP contribution is -2.06. The van der Waals surface area contributed by atoms with Gasteiger partial charge in [0.2, 0.25) is 0 Å². The maximum atomic E-state index is 11.4. The van der Waals surface area contributed by atoms with Gasteiger partial charge in [0.05, 0.1) is 6.61 Å². The zero-order chi connectivity index (χ0) is 11.5. The van der Waals surface area contributed by atoms with Crippen LogP contribution < -0.4 is 0 Å². The van der Waals surface area contributed by atoms with Crippen LogP contribution in [0.4, 0.5) is 0 Å². The second kappa shape index (κ2) is 10.4. The predicted octanol–water partition coefficient (Wildman–Crippen LogP) is 4.27. The Hall–Kier alpha value is -0.0700. The summed E-state index contributed by atoms with van der Waals surface area (Å²) in [6.45, 7) is 8.64. The van der Waals surface area contributed by atoms with Crippen LogP contribution in [0.3, 0.4) is 0 Å². The molecular weight excluding hydrogens is 207 g/mol. The van der Waals surface area contributed by atoms with Crippen molar-refractivity contribution in [2.24, 2.45) is 5.92 Å². The summed E-state index contributed by atoms with van der Waals surface area (Å²) in [6, 6.07) is 0. The molecule has 0 saturated carbocycles. The summed E-state index contributed by atoms with van der Waals surface area (Å²) in [6.07, 6.45) is 8.03. The normalized spacial score (nSPS) is 14.8. The Labute approximate surface area is 95.0 Å². The van der Waals surface area contributed by atoms with Crippen molar-refractivity contribution in [2.75, 3.05) is 12.8 Å². The van der Waals surface area contributed by atoms with E-state index >= 15 is 0 Å². The van der Waals surface area contributed by atoms with Crippen molar-refractivity contribution < 1.29 is 9.09 Å². The molecule has 0 aromatic rings. The molecule has 0 radical (unpaired) electrons. The average Bonchev–Trinajstić information content (AvgIpc) is 2.26. The molecular formula is C12H25O2P. The molecule has 0 spiro atoms. The van der Waals surface area contributed by atoms with E-state index in [0.717, 1.165) is 12.8 Å². The Kier molecular flexibility index (Phi) is 10.4. The van der Waals surface area contributed by atoms with Gasteiger partial charge in [-0.1, -0.05) is 39.2 Å². The van der Waals surface area contributed by atoms with Crippen LogP contribution in [0.2, 0.25) is 0 Å². The van der Waals surface area contributed by atoms with Gasteiger partial charge in [-0.25, -0.2) is 0 Å². The van der Waals surface area contributed by atoms with Crippen LogP contribution in [0, 0.1) is 5.92 Å². The second-order valence-corrected chi connectivity index (χ2v) is 5.46. The molecule has 0 aliphatic rings. The molecule has 2 atom stereocenters. The minimum Gasteiger partial charge on any atom is -0.330 e. The largest absolute Gasteiger partial charge is 0.330 e. The van der Waals surface area contributed by atoms with Gasteiger partial charge in [0.15, 0.2) is 8.03 Å². The highest BCUT2D eigenvalue weighted by atomic mass is 31.1. The van der Waals surface area contributed by atoms with E-state index in [1.165, 1.54) is 19.3 Å². The molecule has 0 heterocycles. The van der Waals surface area contributed by atoms with Gasteiger partial charge in [-0.2, -0.15) is 0 Å². The summed E-state index contributed by atoms with van der Waals surface area (Å²) in [4.78, 5) is 0. The van der Waals surface area contributed by atoms with Crippen LogP contribution in [0.15, 0.2) is 12.7 Å². The number of allylic oxidation sites excluding steroid dienone is 1. The van der Waals surface area contributed by atoms with E-state index < -0.39 is 8.03 Å². The van der Waals surface area contributed by atoms with Gasteiger partial charge in [-0.05, 0) is 18.8 Å². The Morgan fingerprint density at radius 3 is 2.73 bits per heavy atom. The average molecular weight is 232 g/mol. The van der Waals surface area contributed by atoms with Crippen LogP contribution in [0.25, 0.3) is 0 Å². The van der Waals surface area contributed by atoms with E-state index in [9.17, 15) is 4.57 Å². The van der Waals surface area contributed by atoms with Crippen LogP contribution in [0.1, 0.15) is 46.0 Å². The van der Waals surface area contributed by atoms with Crippen LogP contribution >= 0.6 is 8.03 Å². The summed E-state index contributed by atoms with van der Waals surface area (Å²) < 4.78 is 16.8. The maximum absolute atomic E-state index is 11.4. The Morgan fingerprint density at radius 2 is 2.20 bits per heavy atom. The third-order valence-corrected chi connectivity index (χ3v) is 3.76. The molecule has 0 saturated heterocycles. The van der Waals surface area contributed by atoms with Crippen molar-refractivity contribution in [3.63, 3.8) is 0 Å². The van der Waals surface area contributed by atoms with Gasteiger partial charge in [0, 0.05) is 6.16 Å². The van der Waals surface area contributed by atoms with E-state index in [1.54, 1.807) is 6.08 Å². The number of hydrogen-bond donors (Lipinski definition) is 0. The van der Waals surface area contributed by atoms with Crippen molar-refractivity contribution >= 4 is 8.03 Å². The zero-order valence-electron chi connectivity index (χ0n) is 10.1. The van der Waals surface area contributed by atoms with E-state index in [-0.39, 0.29) is 0 Å². The molecule has 0 fully saturated rings. The first-order valence-corrected chi connectivity index (χ1v) is 7.53. The standard InChI is InChI=1S/C12H25O2P/c1-4-7-9-12(6-3)11-14-15(13)10-8-5-2/h5,12,15H,2,4,6-11H2,1,3H3. The Morgan fingerprint density at radius 1 is 1.47 bits per heavy atom. The molecule has 0 bridgehead atoms. The molecule has 0 rings (SSSR count). The first kappa shape index (κ1) is 14.9. The van der Waals surface area contributed by atoms with Crippen LogP contribution in [-0.2, 0) is 9.09 Å². The van der Waals surface area contributed by atoms with Gasteiger partial charge in [0.1, 0.15) is 0 Å². The third-order valence-electron chi connectivity index (χ3n) is 2.58. The predicted molar refractivity (Wildman–Crippen MR) is 67.9 cm³/mol. The van der Waals surface area contributed by atoms with E-state index in [1.807, 2.05) is 0 Å². The molecule has 0 amide bonds. The fourth-order valence-corrected chi connectivity index (χ4v) is 2.41. The van der Waals surface area contributed by atoms with Crippen molar-refractivity contribution in [3.8, 4) is 0 Å². The molecule has 0 N–H and O–H groups in total. The molecule has 2 unspecified atom stereocenters.